The van der Waals surface area contributed by atoms with Gasteiger partial charge in [0.05, 0.1) is 28.2 Å². The number of aryl methyl sites for hydroxylation is 2. The SMILES string of the molecule is CCc1cccc(CC)c1-n1c(C=C(C)C)c(C(=O)N2CCCC(CO)C2)cc(-c2nc(-c3ccc(Cl)cc3)cs2)c1=O. The van der Waals surface area contributed by atoms with Crippen LogP contribution >= 0.6 is 22.9 Å². The van der Waals surface area contributed by atoms with Crippen molar-refractivity contribution in [2.24, 2.45) is 5.92 Å². The molecule has 2 aromatic heterocycles. The van der Waals surface area contributed by atoms with Crippen LogP contribution in [0, 0.1) is 5.92 Å². The molecule has 224 valence electrons. The number of aliphatic hydroxyl groups is 1. The van der Waals surface area contributed by atoms with Gasteiger partial charge in [-0.1, -0.05) is 61.4 Å². The largest absolute Gasteiger partial charge is 0.396 e. The van der Waals surface area contributed by atoms with Gasteiger partial charge < -0.3 is 10.0 Å². The molecule has 0 saturated carbocycles. The van der Waals surface area contributed by atoms with E-state index in [-0.39, 0.29) is 24.0 Å². The zero-order valence-electron chi connectivity index (χ0n) is 25.2. The molecule has 3 heterocycles. The minimum Gasteiger partial charge on any atom is -0.396 e. The first-order chi connectivity index (χ1) is 20.7. The zero-order valence-corrected chi connectivity index (χ0v) is 26.8. The van der Waals surface area contributed by atoms with E-state index in [0.29, 0.717) is 39.9 Å². The monoisotopic (exact) mass is 615 g/mol. The predicted octanol–water partition coefficient (Wildman–Crippen LogP) is 7.67. The highest BCUT2D eigenvalue weighted by Gasteiger charge is 2.29. The molecule has 5 rings (SSSR count). The Balaban J connectivity index is 1.80. The number of thiazole rings is 1. The molecule has 43 heavy (non-hydrogen) atoms. The number of rotatable bonds is 8. The van der Waals surface area contributed by atoms with E-state index >= 15 is 0 Å². The fourth-order valence-electron chi connectivity index (χ4n) is 5.81. The lowest BCUT2D eigenvalue weighted by Gasteiger charge is -2.32. The van der Waals surface area contributed by atoms with Crippen LogP contribution in [0.25, 0.3) is 33.6 Å². The highest BCUT2D eigenvalue weighted by atomic mass is 35.5. The van der Waals surface area contributed by atoms with Crippen LogP contribution in [0.15, 0.2) is 64.3 Å². The molecule has 1 atom stereocenters. The Hall–Kier alpha value is -3.52. The molecule has 0 bridgehead atoms. The first-order valence-corrected chi connectivity index (χ1v) is 16.2. The van der Waals surface area contributed by atoms with E-state index in [4.69, 9.17) is 16.6 Å². The van der Waals surface area contributed by atoms with Crippen molar-refractivity contribution in [3.8, 4) is 27.5 Å². The number of carbonyl (C=O) groups excluding carboxylic acids is 1. The van der Waals surface area contributed by atoms with Crippen LogP contribution in [-0.4, -0.2) is 45.2 Å². The first kappa shape index (κ1) is 30.9. The third-order valence-corrected chi connectivity index (χ3v) is 9.15. The molecule has 4 aromatic rings. The number of para-hydroxylation sites is 1. The Bertz CT molecular complexity index is 1700. The second kappa shape index (κ2) is 13.4. The number of allylic oxidation sites excluding steroid dienone is 1. The Morgan fingerprint density at radius 1 is 1.12 bits per heavy atom. The lowest BCUT2D eigenvalue weighted by molar-refractivity contribution is 0.0620. The highest BCUT2D eigenvalue weighted by Crippen LogP contribution is 2.32. The van der Waals surface area contributed by atoms with Gasteiger partial charge in [0.2, 0.25) is 0 Å². The van der Waals surface area contributed by atoms with Crippen LogP contribution in [0.1, 0.15) is 67.7 Å². The molecule has 1 unspecified atom stereocenters. The van der Waals surface area contributed by atoms with Crippen LogP contribution in [0.2, 0.25) is 5.02 Å². The summed E-state index contributed by atoms with van der Waals surface area (Å²) in [6.07, 6.45) is 5.14. The Morgan fingerprint density at radius 2 is 1.81 bits per heavy atom. The van der Waals surface area contributed by atoms with E-state index in [1.54, 1.807) is 10.6 Å². The molecule has 0 aliphatic carbocycles. The summed E-state index contributed by atoms with van der Waals surface area (Å²) in [7, 11) is 0. The molecule has 1 aliphatic rings. The van der Waals surface area contributed by atoms with Crippen molar-refractivity contribution in [2.75, 3.05) is 19.7 Å². The second-order valence-corrected chi connectivity index (χ2v) is 12.6. The maximum absolute atomic E-state index is 14.7. The van der Waals surface area contributed by atoms with Crippen LogP contribution in [-0.2, 0) is 12.8 Å². The Morgan fingerprint density at radius 3 is 2.44 bits per heavy atom. The number of aliphatic hydroxyl groups excluding tert-OH is 1. The predicted molar refractivity (Wildman–Crippen MR) is 177 cm³/mol. The molecule has 8 heteroatoms. The highest BCUT2D eigenvalue weighted by molar-refractivity contribution is 7.13. The lowest BCUT2D eigenvalue weighted by atomic mass is 9.97. The van der Waals surface area contributed by atoms with Crippen molar-refractivity contribution < 1.29 is 9.90 Å². The van der Waals surface area contributed by atoms with Gasteiger partial charge in [-0.3, -0.25) is 14.2 Å². The summed E-state index contributed by atoms with van der Waals surface area (Å²) < 4.78 is 1.75. The third-order valence-electron chi connectivity index (χ3n) is 8.02. The normalized spacial score (nSPS) is 15.0. The van der Waals surface area contributed by atoms with Gasteiger partial charge in [0.1, 0.15) is 5.01 Å². The van der Waals surface area contributed by atoms with E-state index in [9.17, 15) is 14.7 Å². The van der Waals surface area contributed by atoms with Gasteiger partial charge in [-0.25, -0.2) is 4.98 Å². The number of carbonyl (C=O) groups is 1. The van der Waals surface area contributed by atoms with Gasteiger partial charge in [0.15, 0.2) is 0 Å². The summed E-state index contributed by atoms with van der Waals surface area (Å²) >= 11 is 7.50. The number of pyridine rings is 1. The maximum atomic E-state index is 14.7. The fourth-order valence-corrected chi connectivity index (χ4v) is 6.78. The molecular formula is C35H38ClN3O3S. The van der Waals surface area contributed by atoms with Crippen molar-refractivity contribution >= 4 is 34.9 Å². The number of aromatic nitrogens is 2. The lowest BCUT2D eigenvalue weighted by Crippen LogP contribution is -2.42. The van der Waals surface area contributed by atoms with Gasteiger partial charge in [-0.15, -0.1) is 11.3 Å². The zero-order chi connectivity index (χ0) is 30.7. The number of amides is 1. The van der Waals surface area contributed by atoms with Crippen LogP contribution in [0.4, 0.5) is 0 Å². The van der Waals surface area contributed by atoms with Crippen LogP contribution < -0.4 is 5.56 Å². The smallest absolute Gasteiger partial charge is 0.265 e. The third kappa shape index (κ3) is 6.40. The van der Waals surface area contributed by atoms with Crippen molar-refractivity contribution in [2.45, 2.75) is 53.4 Å². The van der Waals surface area contributed by atoms with Crippen LogP contribution in [0.5, 0.6) is 0 Å². The molecule has 1 aliphatic heterocycles. The average molecular weight is 616 g/mol. The van der Waals surface area contributed by atoms with Gasteiger partial charge >= 0.3 is 0 Å². The number of hydrogen-bond acceptors (Lipinski definition) is 5. The van der Waals surface area contributed by atoms with Crippen molar-refractivity contribution in [3.05, 3.63) is 97.2 Å². The van der Waals surface area contributed by atoms with Crippen molar-refractivity contribution in [3.63, 3.8) is 0 Å². The molecule has 6 nitrogen and oxygen atoms in total. The number of halogens is 1. The minimum absolute atomic E-state index is 0.0448. The molecular weight excluding hydrogens is 578 g/mol. The van der Waals surface area contributed by atoms with E-state index in [1.165, 1.54) is 11.3 Å². The number of likely N-dealkylation sites (tertiary alicyclic amines) is 1. The maximum Gasteiger partial charge on any atom is 0.265 e. The number of hydrogen-bond donors (Lipinski definition) is 1. The summed E-state index contributed by atoms with van der Waals surface area (Å²) in [6, 6.07) is 15.3. The quantitative estimate of drug-likeness (QED) is 0.221. The minimum atomic E-state index is -0.205. The van der Waals surface area contributed by atoms with E-state index in [2.05, 4.69) is 26.0 Å². The molecule has 1 amide bonds. The van der Waals surface area contributed by atoms with Gasteiger partial charge in [0.25, 0.3) is 11.5 Å². The van der Waals surface area contributed by atoms with Crippen molar-refractivity contribution in [1.29, 1.82) is 0 Å². The standard InChI is InChI=1S/C35H38ClN3O3S/c1-5-24-10-7-11-25(6-2)32(24)39-31(17-22(3)4)28(34(41)38-16-8-9-23(19-38)20-40)18-29(35(39)42)33-37-30(21-43-33)26-12-14-27(36)15-13-26/h7,10-15,17-18,21,23,40H,5-6,8-9,16,19-20H2,1-4H3. The van der Waals surface area contributed by atoms with Gasteiger partial charge in [-0.2, -0.15) is 0 Å². The summed E-state index contributed by atoms with van der Waals surface area (Å²) in [6.45, 7) is 9.27. The molecule has 0 radical (unpaired) electrons. The molecule has 1 N–H and O–H groups in total. The van der Waals surface area contributed by atoms with Gasteiger partial charge in [-0.05, 0) is 80.9 Å². The summed E-state index contributed by atoms with van der Waals surface area (Å²) in [4.78, 5) is 35.8. The van der Waals surface area contributed by atoms with E-state index in [0.717, 1.165) is 59.3 Å². The second-order valence-electron chi connectivity index (χ2n) is 11.3. The molecule has 0 spiro atoms. The van der Waals surface area contributed by atoms with E-state index < -0.39 is 0 Å². The summed E-state index contributed by atoms with van der Waals surface area (Å²) in [5, 5.41) is 13.0. The summed E-state index contributed by atoms with van der Waals surface area (Å²) in [5.74, 6) is -0.0921. The number of piperidine rings is 1. The van der Waals surface area contributed by atoms with E-state index in [1.807, 2.05) is 60.5 Å². The molecule has 1 fully saturated rings. The first-order valence-electron chi connectivity index (χ1n) is 14.9. The van der Waals surface area contributed by atoms with Crippen molar-refractivity contribution in [1.82, 2.24) is 14.5 Å². The topological polar surface area (TPSA) is 75.4 Å². The molecule has 1 saturated heterocycles. The summed E-state index contributed by atoms with van der Waals surface area (Å²) in [5.41, 5.74) is 6.77. The van der Waals surface area contributed by atoms with Crippen LogP contribution in [0.3, 0.4) is 0 Å². The number of nitrogens with zero attached hydrogens (tertiary/aromatic N) is 3. The average Bonchev–Trinajstić information content (AvgIpc) is 3.51. The Labute approximate surface area is 262 Å². The van der Waals surface area contributed by atoms with Gasteiger partial charge in [0, 0.05) is 35.7 Å². The fraction of sp³-hybridized carbons (Fsp3) is 0.343. The molecule has 2 aromatic carbocycles. The Kier molecular flexibility index (Phi) is 9.65. The number of benzene rings is 2.